The number of hydrogen-bond donors (Lipinski definition) is 0. The molecular formula is C18H21N3O. The minimum Gasteiger partial charge on any atom is -0.342 e. The van der Waals surface area contributed by atoms with Gasteiger partial charge in [-0.3, -0.25) is 14.8 Å². The van der Waals surface area contributed by atoms with E-state index < -0.39 is 0 Å². The molecule has 0 saturated carbocycles. The van der Waals surface area contributed by atoms with Crippen molar-refractivity contribution in [1.82, 2.24) is 14.9 Å². The summed E-state index contributed by atoms with van der Waals surface area (Å²) in [6.45, 7) is 5.33. The summed E-state index contributed by atoms with van der Waals surface area (Å²) >= 11 is 0. The molecule has 1 aliphatic rings. The molecule has 1 aromatic carbocycles. The van der Waals surface area contributed by atoms with Gasteiger partial charge in [-0.25, -0.2) is 0 Å². The van der Waals surface area contributed by atoms with E-state index in [4.69, 9.17) is 0 Å². The highest BCUT2D eigenvalue weighted by atomic mass is 16.2. The van der Waals surface area contributed by atoms with Crippen molar-refractivity contribution in [2.75, 3.05) is 13.1 Å². The van der Waals surface area contributed by atoms with Crippen LogP contribution in [-0.4, -0.2) is 33.9 Å². The predicted octanol–water partition coefficient (Wildman–Crippen LogP) is 3.18. The van der Waals surface area contributed by atoms with Crippen molar-refractivity contribution < 1.29 is 4.79 Å². The number of rotatable bonds is 2. The van der Waals surface area contributed by atoms with Crippen LogP contribution < -0.4 is 0 Å². The Kier molecular flexibility index (Phi) is 4.18. The van der Waals surface area contributed by atoms with E-state index in [9.17, 15) is 4.79 Å². The summed E-state index contributed by atoms with van der Waals surface area (Å²) in [6.07, 6.45) is 5.58. The average molecular weight is 295 g/mol. The Balaban J connectivity index is 1.98. The lowest BCUT2D eigenvalue weighted by atomic mass is 9.90. The molecule has 0 bridgehead atoms. The number of hydrogen-bond acceptors (Lipinski definition) is 3. The lowest BCUT2D eigenvalue weighted by Gasteiger charge is -2.32. The Morgan fingerprint density at radius 1 is 1.23 bits per heavy atom. The van der Waals surface area contributed by atoms with Crippen LogP contribution in [-0.2, 0) is 4.79 Å². The normalized spacial score (nSPS) is 18.3. The second-order valence-electron chi connectivity index (χ2n) is 5.91. The summed E-state index contributed by atoms with van der Waals surface area (Å²) in [5.74, 6) is 0.409. The molecule has 1 fully saturated rings. The van der Waals surface area contributed by atoms with Gasteiger partial charge in [0.2, 0.25) is 5.91 Å². The van der Waals surface area contributed by atoms with Crippen molar-refractivity contribution in [3.05, 3.63) is 47.9 Å². The molecule has 4 nitrogen and oxygen atoms in total. The monoisotopic (exact) mass is 295 g/mol. The van der Waals surface area contributed by atoms with Gasteiger partial charge in [0.1, 0.15) is 0 Å². The summed E-state index contributed by atoms with van der Waals surface area (Å²) < 4.78 is 0. The van der Waals surface area contributed by atoms with Gasteiger partial charge >= 0.3 is 0 Å². The number of nitrogens with zero attached hydrogens (tertiary/aromatic N) is 3. The van der Waals surface area contributed by atoms with Crippen LogP contribution >= 0.6 is 0 Å². The largest absolute Gasteiger partial charge is 0.342 e. The van der Waals surface area contributed by atoms with E-state index in [0.29, 0.717) is 0 Å². The summed E-state index contributed by atoms with van der Waals surface area (Å²) in [6, 6.07) is 8.25. The molecule has 22 heavy (non-hydrogen) atoms. The maximum atomic E-state index is 11.7. The molecule has 2 heterocycles. The van der Waals surface area contributed by atoms with Gasteiger partial charge in [0.15, 0.2) is 0 Å². The highest BCUT2D eigenvalue weighted by Gasteiger charge is 2.26. The number of aromatic nitrogens is 2. The number of benzene rings is 1. The zero-order chi connectivity index (χ0) is 15.5. The van der Waals surface area contributed by atoms with E-state index in [1.165, 1.54) is 5.56 Å². The number of carbonyl (C=O) groups excluding carboxylic acids is 1. The first-order chi connectivity index (χ1) is 10.7. The highest BCUT2D eigenvalue weighted by Crippen LogP contribution is 2.32. The van der Waals surface area contributed by atoms with Crippen LogP contribution in [0.2, 0.25) is 0 Å². The van der Waals surface area contributed by atoms with Gasteiger partial charge in [-0.15, -0.1) is 0 Å². The molecule has 4 heteroatoms. The van der Waals surface area contributed by atoms with Crippen LogP contribution in [0, 0.1) is 6.92 Å². The molecule has 1 amide bonds. The first-order valence-corrected chi connectivity index (χ1v) is 7.79. The number of likely N-dealkylation sites (tertiary alicyclic amines) is 1. The standard InChI is InChI=1S/C18H21N3O/c1-13-6-3-4-8-16(13)18-17(19-9-10-20-18)15-7-5-11-21(12-15)14(2)22/h3-4,6,8-10,15H,5,7,11-12H2,1-2H3. The topological polar surface area (TPSA) is 46.1 Å². The maximum Gasteiger partial charge on any atom is 0.219 e. The molecule has 1 atom stereocenters. The smallest absolute Gasteiger partial charge is 0.219 e. The van der Waals surface area contributed by atoms with Gasteiger partial charge in [-0.05, 0) is 25.3 Å². The van der Waals surface area contributed by atoms with Crippen molar-refractivity contribution in [2.24, 2.45) is 0 Å². The van der Waals surface area contributed by atoms with Gasteiger partial charge in [-0.1, -0.05) is 24.3 Å². The van der Waals surface area contributed by atoms with Crippen molar-refractivity contribution in [3.63, 3.8) is 0 Å². The number of aryl methyl sites for hydroxylation is 1. The molecule has 114 valence electrons. The number of piperidine rings is 1. The van der Waals surface area contributed by atoms with E-state index in [2.05, 4.69) is 29.0 Å². The Bertz CT molecular complexity index is 684. The molecular weight excluding hydrogens is 274 g/mol. The Morgan fingerprint density at radius 2 is 2.00 bits per heavy atom. The average Bonchev–Trinajstić information content (AvgIpc) is 2.55. The van der Waals surface area contributed by atoms with E-state index in [0.717, 1.165) is 42.9 Å². The zero-order valence-corrected chi connectivity index (χ0v) is 13.1. The molecule has 1 aliphatic heterocycles. The molecule has 2 aromatic rings. The molecule has 1 unspecified atom stereocenters. The summed E-state index contributed by atoms with van der Waals surface area (Å²) in [7, 11) is 0. The third kappa shape index (κ3) is 2.86. The van der Waals surface area contributed by atoms with Crippen LogP contribution in [0.15, 0.2) is 36.7 Å². The van der Waals surface area contributed by atoms with E-state index in [-0.39, 0.29) is 11.8 Å². The summed E-state index contributed by atoms with van der Waals surface area (Å²) in [4.78, 5) is 22.8. The lowest BCUT2D eigenvalue weighted by Crippen LogP contribution is -2.38. The van der Waals surface area contributed by atoms with Crippen LogP contribution in [0.1, 0.15) is 36.9 Å². The fraction of sp³-hybridized carbons (Fsp3) is 0.389. The minimum absolute atomic E-state index is 0.144. The molecule has 0 spiro atoms. The zero-order valence-electron chi connectivity index (χ0n) is 13.1. The molecule has 0 aliphatic carbocycles. The highest BCUT2D eigenvalue weighted by molar-refractivity contribution is 5.73. The molecule has 3 rings (SSSR count). The Labute approximate surface area is 131 Å². The van der Waals surface area contributed by atoms with E-state index in [1.807, 2.05) is 17.0 Å². The first kappa shape index (κ1) is 14.7. The minimum atomic E-state index is 0.144. The van der Waals surface area contributed by atoms with Crippen molar-refractivity contribution in [1.29, 1.82) is 0 Å². The van der Waals surface area contributed by atoms with E-state index >= 15 is 0 Å². The Hall–Kier alpha value is -2.23. The molecule has 0 N–H and O–H groups in total. The quantitative estimate of drug-likeness (QED) is 0.855. The second kappa shape index (κ2) is 6.26. The van der Waals surface area contributed by atoms with Crippen molar-refractivity contribution >= 4 is 5.91 Å². The van der Waals surface area contributed by atoms with E-state index in [1.54, 1.807) is 19.3 Å². The number of amides is 1. The lowest BCUT2D eigenvalue weighted by molar-refractivity contribution is -0.130. The molecule has 1 aromatic heterocycles. The van der Waals surface area contributed by atoms with Crippen molar-refractivity contribution in [2.45, 2.75) is 32.6 Å². The summed E-state index contributed by atoms with van der Waals surface area (Å²) in [5.41, 5.74) is 4.30. The van der Waals surface area contributed by atoms with Crippen molar-refractivity contribution in [3.8, 4) is 11.3 Å². The van der Waals surface area contributed by atoms with Crippen LogP contribution in [0.5, 0.6) is 0 Å². The first-order valence-electron chi connectivity index (χ1n) is 7.79. The SMILES string of the molecule is CC(=O)N1CCCC(c2nccnc2-c2ccccc2C)C1. The van der Waals surface area contributed by atoms with Crippen LogP contribution in [0.3, 0.4) is 0 Å². The van der Waals surface area contributed by atoms with Gasteiger partial charge in [0.25, 0.3) is 0 Å². The molecule has 0 radical (unpaired) electrons. The number of carbonyl (C=O) groups is 1. The van der Waals surface area contributed by atoms with Gasteiger partial charge in [0.05, 0.1) is 11.4 Å². The fourth-order valence-corrected chi connectivity index (χ4v) is 3.18. The third-order valence-corrected chi connectivity index (χ3v) is 4.38. The third-order valence-electron chi connectivity index (χ3n) is 4.38. The fourth-order valence-electron chi connectivity index (χ4n) is 3.18. The maximum absolute atomic E-state index is 11.7. The van der Waals surface area contributed by atoms with Gasteiger partial charge in [-0.2, -0.15) is 0 Å². The molecule has 1 saturated heterocycles. The van der Waals surface area contributed by atoms with Gasteiger partial charge in [0, 0.05) is 43.9 Å². The second-order valence-corrected chi connectivity index (χ2v) is 5.91. The van der Waals surface area contributed by atoms with Gasteiger partial charge < -0.3 is 4.90 Å². The van der Waals surface area contributed by atoms with Crippen LogP contribution in [0.25, 0.3) is 11.3 Å². The predicted molar refractivity (Wildman–Crippen MR) is 86.4 cm³/mol. The van der Waals surface area contributed by atoms with Crippen LogP contribution in [0.4, 0.5) is 0 Å². The Morgan fingerprint density at radius 3 is 2.77 bits per heavy atom. The summed E-state index contributed by atoms with van der Waals surface area (Å²) in [5, 5.41) is 0.